The van der Waals surface area contributed by atoms with E-state index in [-0.39, 0.29) is 28.0 Å². The molecular formula is C24H23BrCl2N2O3S. The Kier molecular flexibility index (Phi) is 8.59. The number of amides is 1. The molecule has 9 heteroatoms. The molecule has 0 bridgehead atoms. The second-order valence-corrected chi connectivity index (χ2v) is 11.3. The van der Waals surface area contributed by atoms with Gasteiger partial charge in [0.25, 0.3) is 0 Å². The van der Waals surface area contributed by atoms with Crippen LogP contribution in [0.25, 0.3) is 0 Å². The Balaban J connectivity index is 1.90. The highest BCUT2D eigenvalue weighted by Crippen LogP contribution is 2.29. The molecule has 0 spiro atoms. The van der Waals surface area contributed by atoms with Gasteiger partial charge in [-0.2, -0.15) is 4.31 Å². The first-order chi connectivity index (χ1) is 15.6. The number of nitrogens with zero attached hydrogens (tertiary/aromatic N) is 1. The summed E-state index contributed by atoms with van der Waals surface area (Å²) in [6, 6.07) is 17.5. The van der Waals surface area contributed by atoms with Crippen molar-refractivity contribution in [2.75, 3.05) is 18.4 Å². The zero-order valence-electron chi connectivity index (χ0n) is 18.1. The van der Waals surface area contributed by atoms with Gasteiger partial charge in [-0.1, -0.05) is 69.5 Å². The molecule has 1 amide bonds. The summed E-state index contributed by atoms with van der Waals surface area (Å²) >= 11 is 15.7. The third-order valence-electron chi connectivity index (χ3n) is 5.09. The van der Waals surface area contributed by atoms with Crippen molar-refractivity contribution in [1.29, 1.82) is 0 Å². The number of carbonyl (C=O) groups is 1. The van der Waals surface area contributed by atoms with E-state index >= 15 is 0 Å². The smallest absolute Gasteiger partial charge is 0.245 e. The zero-order chi connectivity index (χ0) is 24.2. The molecule has 0 unspecified atom stereocenters. The highest BCUT2D eigenvalue weighted by molar-refractivity contribution is 9.10. The van der Waals surface area contributed by atoms with E-state index in [0.29, 0.717) is 12.1 Å². The lowest BCUT2D eigenvalue weighted by molar-refractivity contribution is -0.116. The summed E-state index contributed by atoms with van der Waals surface area (Å²) in [5.41, 5.74) is 3.35. The molecular weight excluding hydrogens is 547 g/mol. The van der Waals surface area contributed by atoms with Crippen LogP contribution in [0.3, 0.4) is 0 Å². The molecule has 3 aromatic carbocycles. The van der Waals surface area contributed by atoms with Gasteiger partial charge >= 0.3 is 0 Å². The van der Waals surface area contributed by atoms with E-state index < -0.39 is 15.9 Å². The summed E-state index contributed by atoms with van der Waals surface area (Å²) in [5.74, 6) is -0.446. The summed E-state index contributed by atoms with van der Waals surface area (Å²) in [4.78, 5) is 12.8. The third kappa shape index (κ3) is 6.58. The summed E-state index contributed by atoms with van der Waals surface area (Å²) in [6.45, 7) is 3.49. The van der Waals surface area contributed by atoms with Crippen LogP contribution in [0.1, 0.15) is 16.7 Å². The predicted molar refractivity (Wildman–Crippen MR) is 138 cm³/mol. The van der Waals surface area contributed by atoms with E-state index in [1.807, 2.05) is 56.3 Å². The van der Waals surface area contributed by atoms with Crippen molar-refractivity contribution in [2.24, 2.45) is 0 Å². The number of halogens is 3. The number of benzene rings is 3. The average molecular weight is 570 g/mol. The molecule has 0 atom stereocenters. The van der Waals surface area contributed by atoms with Crippen LogP contribution in [0.2, 0.25) is 10.0 Å². The summed E-state index contributed by atoms with van der Waals surface area (Å²) < 4.78 is 29.0. The molecule has 0 radical (unpaired) electrons. The van der Waals surface area contributed by atoms with Gasteiger partial charge in [-0.15, -0.1) is 0 Å². The minimum Gasteiger partial charge on any atom is -0.324 e. The molecule has 3 aromatic rings. The molecule has 0 saturated carbocycles. The predicted octanol–water partition coefficient (Wildman–Crippen LogP) is 6.24. The van der Waals surface area contributed by atoms with Crippen molar-refractivity contribution in [3.8, 4) is 0 Å². The monoisotopic (exact) mass is 568 g/mol. The Hall–Kier alpha value is -1.90. The Bertz CT molecular complexity index is 1240. The number of sulfonamides is 1. The van der Waals surface area contributed by atoms with Gasteiger partial charge in [-0.3, -0.25) is 4.79 Å². The van der Waals surface area contributed by atoms with Crippen LogP contribution in [-0.2, 0) is 21.2 Å². The normalized spacial score (nSPS) is 11.6. The maximum absolute atomic E-state index is 13.5. The van der Waals surface area contributed by atoms with E-state index in [2.05, 4.69) is 21.2 Å². The molecule has 0 aliphatic carbocycles. The number of anilines is 1. The van der Waals surface area contributed by atoms with Crippen LogP contribution in [-0.4, -0.2) is 31.7 Å². The van der Waals surface area contributed by atoms with Crippen molar-refractivity contribution in [1.82, 2.24) is 4.31 Å². The van der Waals surface area contributed by atoms with Gasteiger partial charge in [0.05, 0.1) is 11.6 Å². The van der Waals surface area contributed by atoms with Crippen molar-refractivity contribution in [3.63, 3.8) is 0 Å². The van der Waals surface area contributed by atoms with Crippen LogP contribution in [0.4, 0.5) is 5.69 Å². The molecule has 0 aromatic heterocycles. The largest absolute Gasteiger partial charge is 0.324 e. The van der Waals surface area contributed by atoms with Crippen molar-refractivity contribution < 1.29 is 13.2 Å². The highest BCUT2D eigenvalue weighted by Gasteiger charge is 2.29. The lowest BCUT2D eigenvalue weighted by atomic mass is 10.1. The number of nitrogens with one attached hydrogen (secondary N) is 1. The van der Waals surface area contributed by atoms with Crippen LogP contribution in [0.15, 0.2) is 70.0 Å². The maximum Gasteiger partial charge on any atom is 0.245 e. The summed E-state index contributed by atoms with van der Waals surface area (Å²) in [7, 11) is -4.09. The number of hydrogen-bond acceptors (Lipinski definition) is 3. The lowest BCUT2D eigenvalue weighted by Gasteiger charge is -2.23. The summed E-state index contributed by atoms with van der Waals surface area (Å²) in [5, 5.41) is 3.15. The number of hydrogen-bond donors (Lipinski definition) is 1. The number of aryl methyl sites for hydroxylation is 2. The number of carbonyl (C=O) groups excluding carboxylic acids is 1. The standard InChI is InChI=1S/C24H23BrCl2N2O3S/c1-16-12-19(25)13-17(2)24(16)28-23(30)15-29(11-10-18-6-4-3-5-7-18)33(31,32)22-14-20(26)8-9-21(22)27/h3-9,12-14H,10-11,15H2,1-2H3,(H,28,30). The van der Waals surface area contributed by atoms with Gasteiger partial charge in [0, 0.05) is 21.7 Å². The fourth-order valence-electron chi connectivity index (χ4n) is 3.44. The van der Waals surface area contributed by atoms with Gasteiger partial charge in [-0.05, 0) is 67.3 Å². The molecule has 3 rings (SSSR count). The average Bonchev–Trinajstić information content (AvgIpc) is 2.76. The van der Waals surface area contributed by atoms with Gasteiger partial charge < -0.3 is 5.32 Å². The van der Waals surface area contributed by atoms with E-state index in [9.17, 15) is 13.2 Å². The van der Waals surface area contributed by atoms with Crippen LogP contribution < -0.4 is 5.32 Å². The third-order valence-corrected chi connectivity index (χ3v) is 8.11. The Morgan fingerprint density at radius 1 is 1.00 bits per heavy atom. The van der Waals surface area contributed by atoms with Crippen molar-refractivity contribution >= 4 is 60.7 Å². The fourth-order valence-corrected chi connectivity index (χ4v) is 6.26. The molecule has 0 aliphatic rings. The molecule has 1 N–H and O–H groups in total. The van der Waals surface area contributed by atoms with Gasteiger partial charge in [0.15, 0.2) is 0 Å². The molecule has 0 fully saturated rings. The number of rotatable bonds is 8. The molecule has 0 heterocycles. The van der Waals surface area contributed by atoms with Crippen LogP contribution in [0, 0.1) is 13.8 Å². The minimum absolute atomic E-state index is 0.0455. The van der Waals surface area contributed by atoms with E-state index in [4.69, 9.17) is 23.2 Å². The van der Waals surface area contributed by atoms with E-state index in [1.165, 1.54) is 18.2 Å². The second kappa shape index (κ2) is 11.0. The molecule has 0 aliphatic heterocycles. The van der Waals surface area contributed by atoms with Gasteiger partial charge in [0.1, 0.15) is 4.90 Å². The Morgan fingerprint density at radius 3 is 2.27 bits per heavy atom. The van der Waals surface area contributed by atoms with Gasteiger partial charge in [0.2, 0.25) is 15.9 Å². The maximum atomic E-state index is 13.5. The van der Waals surface area contributed by atoms with E-state index in [0.717, 1.165) is 25.5 Å². The van der Waals surface area contributed by atoms with Crippen LogP contribution in [0.5, 0.6) is 0 Å². The van der Waals surface area contributed by atoms with Gasteiger partial charge in [-0.25, -0.2) is 8.42 Å². The minimum atomic E-state index is -4.09. The molecule has 174 valence electrons. The highest BCUT2D eigenvalue weighted by atomic mass is 79.9. The first kappa shape index (κ1) is 25.7. The fraction of sp³-hybridized carbons (Fsp3) is 0.208. The molecule has 33 heavy (non-hydrogen) atoms. The SMILES string of the molecule is Cc1cc(Br)cc(C)c1NC(=O)CN(CCc1ccccc1)S(=O)(=O)c1cc(Cl)ccc1Cl. The topological polar surface area (TPSA) is 66.5 Å². The van der Waals surface area contributed by atoms with Crippen LogP contribution >= 0.6 is 39.1 Å². The first-order valence-corrected chi connectivity index (χ1v) is 13.1. The lowest BCUT2D eigenvalue weighted by Crippen LogP contribution is -2.39. The van der Waals surface area contributed by atoms with Crippen molar-refractivity contribution in [2.45, 2.75) is 25.2 Å². The summed E-state index contributed by atoms with van der Waals surface area (Å²) in [6.07, 6.45) is 0.432. The van der Waals surface area contributed by atoms with Crippen molar-refractivity contribution in [3.05, 3.63) is 91.9 Å². The second-order valence-electron chi connectivity index (χ2n) is 7.61. The Morgan fingerprint density at radius 2 is 1.64 bits per heavy atom. The molecule has 5 nitrogen and oxygen atoms in total. The zero-order valence-corrected chi connectivity index (χ0v) is 22.0. The quantitative estimate of drug-likeness (QED) is 0.349. The molecule has 0 saturated heterocycles. The first-order valence-electron chi connectivity index (χ1n) is 10.1. The van der Waals surface area contributed by atoms with E-state index in [1.54, 1.807) is 0 Å². The Labute approximate surface area is 212 Å².